The first-order valence-corrected chi connectivity index (χ1v) is 8.18. The number of piperidine rings is 1. The lowest BCUT2D eigenvalue weighted by Crippen LogP contribution is -2.44. The summed E-state index contributed by atoms with van der Waals surface area (Å²) in [4.78, 5) is 0. The average Bonchev–Trinajstić information content (AvgIpc) is 2.56. The van der Waals surface area contributed by atoms with Crippen LogP contribution in [0.15, 0.2) is 42.5 Å². The van der Waals surface area contributed by atoms with Crippen LogP contribution in [-0.4, -0.2) is 18.7 Å². The van der Waals surface area contributed by atoms with E-state index in [1.165, 1.54) is 18.2 Å². The van der Waals surface area contributed by atoms with Crippen LogP contribution in [-0.2, 0) is 6.42 Å². The lowest BCUT2D eigenvalue weighted by Gasteiger charge is -2.39. The molecular weight excluding hydrogens is 310 g/mol. The van der Waals surface area contributed by atoms with Gasteiger partial charge in [-0.3, -0.25) is 5.84 Å². The topological polar surface area (TPSA) is 38.5 Å². The van der Waals surface area contributed by atoms with Crippen molar-refractivity contribution in [3.05, 3.63) is 65.2 Å². The molecule has 24 heavy (non-hydrogen) atoms. The molecule has 3 nitrogen and oxygen atoms in total. The molecule has 2 aromatic carbocycles. The molecule has 2 N–H and O–H groups in total. The van der Waals surface area contributed by atoms with E-state index in [9.17, 15) is 8.78 Å². The summed E-state index contributed by atoms with van der Waals surface area (Å²) in [6.07, 6.45) is 2.43. The van der Waals surface area contributed by atoms with Crippen molar-refractivity contribution >= 4 is 0 Å². The first-order valence-electron chi connectivity index (χ1n) is 8.18. The van der Waals surface area contributed by atoms with Crippen molar-refractivity contribution in [1.29, 1.82) is 0 Å². The number of ether oxygens (including phenoxy) is 1. The van der Waals surface area contributed by atoms with Crippen LogP contribution in [0.25, 0.3) is 0 Å². The van der Waals surface area contributed by atoms with Crippen molar-refractivity contribution in [3.8, 4) is 5.75 Å². The molecule has 5 heteroatoms. The molecule has 0 radical (unpaired) electrons. The summed E-state index contributed by atoms with van der Waals surface area (Å²) in [6.45, 7) is 0.718. The molecule has 1 aliphatic rings. The molecule has 1 heterocycles. The largest absolute Gasteiger partial charge is 0.496 e. The van der Waals surface area contributed by atoms with Crippen molar-refractivity contribution in [3.63, 3.8) is 0 Å². The van der Waals surface area contributed by atoms with E-state index in [2.05, 4.69) is 0 Å². The lowest BCUT2D eigenvalue weighted by atomic mass is 9.81. The zero-order chi connectivity index (χ0) is 17.1. The molecule has 0 aromatic heterocycles. The Labute approximate surface area is 141 Å². The fraction of sp³-hybridized carbons (Fsp3) is 0.368. The first-order chi connectivity index (χ1) is 11.6. The smallest absolute Gasteiger partial charge is 0.128 e. The van der Waals surface area contributed by atoms with E-state index in [1.54, 1.807) is 30.3 Å². The summed E-state index contributed by atoms with van der Waals surface area (Å²) in [7, 11) is 1.57. The molecule has 2 aromatic rings. The van der Waals surface area contributed by atoms with E-state index in [0.29, 0.717) is 17.7 Å². The second kappa shape index (κ2) is 7.28. The fourth-order valence-electron chi connectivity index (χ4n) is 3.65. The molecule has 1 saturated heterocycles. The number of nitrogens with zero attached hydrogens (tertiary/aromatic N) is 1. The van der Waals surface area contributed by atoms with E-state index in [-0.39, 0.29) is 23.6 Å². The van der Waals surface area contributed by atoms with Gasteiger partial charge in [0.15, 0.2) is 0 Å². The number of rotatable bonds is 4. The molecule has 0 bridgehead atoms. The Morgan fingerprint density at radius 3 is 2.75 bits per heavy atom. The maximum Gasteiger partial charge on any atom is 0.128 e. The highest BCUT2D eigenvalue weighted by Crippen LogP contribution is 2.38. The predicted octanol–water partition coefficient (Wildman–Crippen LogP) is 3.84. The normalized spacial score (nSPS) is 21.7. The molecule has 0 saturated carbocycles. The lowest BCUT2D eigenvalue weighted by molar-refractivity contribution is 0.0895. The van der Waals surface area contributed by atoms with Gasteiger partial charge in [-0.1, -0.05) is 18.2 Å². The first kappa shape index (κ1) is 16.9. The minimum absolute atomic E-state index is 0.0938. The predicted molar refractivity (Wildman–Crippen MR) is 89.4 cm³/mol. The van der Waals surface area contributed by atoms with Gasteiger partial charge in [-0.15, -0.1) is 0 Å². The molecule has 0 amide bonds. The van der Waals surface area contributed by atoms with E-state index in [1.807, 2.05) is 6.07 Å². The minimum Gasteiger partial charge on any atom is -0.496 e. The van der Waals surface area contributed by atoms with E-state index in [4.69, 9.17) is 10.6 Å². The van der Waals surface area contributed by atoms with Gasteiger partial charge in [-0.25, -0.2) is 13.8 Å². The van der Waals surface area contributed by atoms with E-state index >= 15 is 0 Å². The Hall–Kier alpha value is -1.98. The second-order valence-electron chi connectivity index (χ2n) is 6.27. The summed E-state index contributed by atoms with van der Waals surface area (Å²) in [5.41, 5.74) is 1.39. The zero-order valence-corrected chi connectivity index (χ0v) is 13.7. The highest BCUT2D eigenvalue weighted by Gasteiger charge is 2.33. The molecule has 0 aliphatic carbocycles. The molecule has 1 fully saturated rings. The quantitative estimate of drug-likeness (QED) is 0.865. The highest BCUT2D eigenvalue weighted by molar-refractivity contribution is 5.35. The highest BCUT2D eigenvalue weighted by atomic mass is 19.1. The van der Waals surface area contributed by atoms with Crippen molar-refractivity contribution in [1.82, 2.24) is 5.01 Å². The average molecular weight is 332 g/mol. The Morgan fingerprint density at radius 1 is 1.21 bits per heavy atom. The third kappa shape index (κ3) is 3.42. The summed E-state index contributed by atoms with van der Waals surface area (Å²) in [5, 5.41) is 1.71. The van der Waals surface area contributed by atoms with Crippen LogP contribution >= 0.6 is 0 Å². The van der Waals surface area contributed by atoms with Gasteiger partial charge in [-0.05, 0) is 55.0 Å². The van der Waals surface area contributed by atoms with Gasteiger partial charge in [0, 0.05) is 12.1 Å². The molecular formula is C19H22F2N2O. The summed E-state index contributed by atoms with van der Waals surface area (Å²) in [5.74, 6) is 6.38. The zero-order valence-electron chi connectivity index (χ0n) is 13.7. The molecule has 3 rings (SSSR count). The summed E-state index contributed by atoms with van der Waals surface area (Å²) < 4.78 is 33.3. The second-order valence-corrected chi connectivity index (χ2v) is 6.27. The standard InChI is InChI=1S/C19H22F2N2O/c1-24-18-9-8-15(20)12-14(18)11-13-5-4-10-23(22)19(13)16-6-2-3-7-17(16)21/h2-3,6-9,12-13,19H,4-5,10-11,22H2,1H3. The Morgan fingerprint density at radius 2 is 2.00 bits per heavy atom. The number of nitrogens with two attached hydrogens (primary N) is 1. The van der Waals surface area contributed by atoms with Crippen LogP contribution < -0.4 is 10.6 Å². The Kier molecular flexibility index (Phi) is 5.11. The SMILES string of the molecule is COc1ccc(F)cc1CC1CCCN(N)C1c1ccccc1F. The number of halogens is 2. The molecule has 1 aliphatic heterocycles. The number of hydrogen-bond donors (Lipinski definition) is 1. The number of hydrazine groups is 1. The van der Waals surface area contributed by atoms with E-state index in [0.717, 1.165) is 24.9 Å². The van der Waals surface area contributed by atoms with Gasteiger partial charge < -0.3 is 4.74 Å². The maximum atomic E-state index is 14.3. The molecule has 2 atom stereocenters. The van der Waals surface area contributed by atoms with Gasteiger partial charge in [-0.2, -0.15) is 0 Å². The van der Waals surface area contributed by atoms with E-state index < -0.39 is 0 Å². The van der Waals surface area contributed by atoms with Crippen LogP contribution in [0.3, 0.4) is 0 Å². The third-order valence-corrected chi connectivity index (χ3v) is 4.74. The van der Waals surface area contributed by atoms with Crippen LogP contribution in [0.4, 0.5) is 8.78 Å². The van der Waals surface area contributed by atoms with Gasteiger partial charge in [0.25, 0.3) is 0 Å². The van der Waals surface area contributed by atoms with Gasteiger partial charge in [0.05, 0.1) is 13.2 Å². The third-order valence-electron chi connectivity index (χ3n) is 4.74. The number of hydrogen-bond acceptors (Lipinski definition) is 3. The van der Waals surface area contributed by atoms with Gasteiger partial charge in [0.1, 0.15) is 17.4 Å². The molecule has 2 unspecified atom stereocenters. The van der Waals surface area contributed by atoms with Crippen LogP contribution in [0.2, 0.25) is 0 Å². The van der Waals surface area contributed by atoms with Crippen LogP contribution in [0.5, 0.6) is 5.75 Å². The molecule has 0 spiro atoms. The fourth-order valence-corrected chi connectivity index (χ4v) is 3.65. The molecule has 128 valence electrons. The van der Waals surface area contributed by atoms with Gasteiger partial charge >= 0.3 is 0 Å². The Bertz CT molecular complexity index is 708. The summed E-state index contributed by atoms with van der Waals surface area (Å²) in [6, 6.07) is 11.0. The van der Waals surface area contributed by atoms with Crippen molar-refractivity contribution in [2.75, 3.05) is 13.7 Å². The van der Waals surface area contributed by atoms with Crippen LogP contribution in [0.1, 0.15) is 30.0 Å². The van der Waals surface area contributed by atoms with Crippen molar-refractivity contribution in [2.24, 2.45) is 11.8 Å². The van der Waals surface area contributed by atoms with Gasteiger partial charge in [0.2, 0.25) is 0 Å². The Balaban J connectivity index is 1.93. The maximum absolute atomic E-state index is 14.3. The van der Waals surface area contributed by atoms with Crippen LogP contribution in [0, 0.1) is 17.6 Å². The summed E-state index contributed by atoms with van der Waals surface area (Å²) >= 11 is 0. The monoisotopic (exact) mass is 332 g/mol. The number of methoxy groups -OCH3 is 1. The van der Waals surface area contributed by atoms with Crippen molar-refractivity contribution in [2.45, 2.75) is 25.3 Å². The minimum atomic E-state index is -0.298. The number of benzene rings is 2. The van der Waals surface area contributed by atoms with Crippen molar-refractivity contribution < 1.29 is 13.5 Å².